The number of nitrogens with zero attached hydrogens (tertiary/aromatic N) is 3. The Morgan fingerprint density at radius 1 is 1.19 bits per heavy atom. The first kappa shape index (κ1) is 15.6. The molecule has 1 aromatic heterocycles. The number of aryl methyl sites for hydroxylation is 1. The standard InChI is InChI=1S/C16H21ClN4/c1-4-10-18-16-19-11-14(17)15(20-16)21(5-2)13-8-6-12(3)7-9-13/h6-9,11H,4-5,10H2,1-3H3,(H,18,19,20). The quantitative estimate of drug-likeness (QED) is 0.858. The fourth-order valence-corrected chi connectivity index (χ4v) is 2.24. The maximum Gasteiger partial charge on any atom is 0.224 e. The number of halogens is 1. The lowest BCUT2D eigenvalue weighted by molar-refractivity contribution is 0.935. The van der Waals surface area contributed by atoms with Crippen molar-refractivity contribution in [2.24, 2.45) is 0 Å². The van der Waals surface area contributed by atoms with Crippen molar-refractivity contribution in [2.75, 3.05) is 23.3 Å². The van der Waals surface area contributed by atoms with Crippen LogP contribution >= 0.6 is 11.6 Å². The van der Waals surface area contributed by atoms with Crippen molar-refractivity contribution in [1.82, 2.24) is 9.97 Å². The Hall–Kier alpha value is -1.81. The SMILES string of the molecule is CCCNc1ncc(Cl)c(N(CC)c2ccc(C)cc2)n1. The first-order chi connectivity index (χ1) is 10.2. The molecule has 0 aliphatic carbocycles. The van der Waals surface area contributed by atoms with Gasteiger partial charge in [0.2, 0.25) is 5.95 Å². The van der Waals surface area contributed by atoms with Gasteiger partial charge >= 0.3 is 0 Å². The minimum atomic E-state index is 0.555. The zero-order valence-corrected chi connectivity index (χ0v) is 13.5. The van der Waals surface area contributed by atoms with Crippen LogP contribution in [-0.4, -0.2) is 23.1 Å². The van der Waals surface area contributed by atoms with Crippen LogP contribution in [0.25, 0.3) is 0 Å². The van der Waals surface area contributed by atoms with Crippen LogP contribution in [-0.2, 0) is 0 Å². The molecule has 21 heavy (non-hydrogen) atoms. The van der Waals surface area contributed by atoms with E-state index in [1.54, 1.807) is 6.20 Å². The van der Waals surface area contributed by atoms with E-state index in [1.807, 2.05) is 0 Å². The molecule has 5 heteroatoms. The Labute approximate surface area is 131 Å². The van der Waals surface area contributed by atoms with Crippen LogP contribution in [0.1, 0.15) is 25.8 Å². The van der Waals surface area contributed by atoms with Gasteiger partial charge in [-0.05, 0) is 32.4 Å². The normalized spacial score (nSPS) is 10.5. The molecule has 1 N–H and O–H groups in total. The highest BCUT2D eigenvalue weighted by atomic mass is 35.5. The molecule has 0 unspecified atom stereocenters. The van der Waals surface area contributed by atoms with Gasteiger partial charge in [-0.1, -0.05) is 36.2 Å². The zero-order valence-electron chi connectivity index (χ0n) is 12.7. The van der Waals surface area contributed by atoms with Crippen LogP contribution in [0.2, 0.25) is 5.02 Å². The fraction of sp³-hybridized carbons (Fsp3) is 0.375. The van der Waals surface area contributed by atoms with Crippen LogP contribution in [0.5, 0.6) is 0 Å². The molecule has 0 amide bonds. The van der Waals surface area contributed by atoms with E-state index < -0.39 is 0 Å². The molecule has 112 valence electrons. The highest BCUT2D eigenvalue weighted by Gasteiger charge is 2.14. The predicted octanol–water partition coefficient (Wildman–Crippen LogP) is 4.42. The third kappa shape index (κ3) is 3.85. The molecule has 0 radical (unpaired) electrons. The monoisotopic (exact) mass is 304 g/mol. The first-order valence-corrected chi connectivity index (χ1v) is 7.64. The lowest BCUT2D eigenvalue weighted by Crippen LogP contribution is -2.19. The highest BCUT2D eigenvalue weighted by molar-refractivity contribution is 6.33. The summed E-state index contributed by atoms with van der Waals surface area (Å²) in [4.78, 5) is 10.9. The van der Waals surface area contributed by atoms with Crippen LogP contribution in [0.4, 0.5) is 17.5 Å². The number of benzene rings is 1. The molecule has 1 heterocycles. The smallest absolute Gasteiger partial charge is 0.224 e. The number of anilines is 3. The van der Waals surface area contributed by atoms with E-state index >= 15 is 0 Å². The topological polar surface area (TPSA) is 41.1 Å². The number of hydrogen-bond acceptors (Lipinski definition) is 4. The Morgan fingerprint density at radius 3 is 2.52 bits per heavy atom. The number of nitrogens with one attached hydrogen (secondary N) is 1. The van der Waals surface area contributed by atoms with Gasteiger partial charge in [-0.2, -0.15) is 4.98 Å². The Balaban J connectivity index is 2.34. The van der Waals surface area contributed by atoms with Gasteiger partial charge in [-0.25, -0.2) is 4.98 Å². The summed E-state index contributed by atoms with van der Waals surface area (Å²) in [7, 11) is 0. The summed E-state index contributed by atoms with van der Waals surface area (Å²) in [6.07, 6.45) is 2.68. The molecule has 0 saturated heterocycles. The van der Waals surface area contributed by atoms with Gasteiger partial charge in [0, 0.05) is 18.8 Å². The van der Waals surface area contributed by atoms with E-state index in [-0.39, 0.29) is 0 Å². The summed E-state index contributed by atoms with van der Waals surface area (Å²) in [5.41, 5.74) is 2.30. The van der Waals surface area contributed by atoms with Crippen LogP contribution in [0.3, 0.4) is 0 Å². The predicted molar refractivity (Wildman–Crippen MR) is 89.7 cm³/mol. The van der Waals surface area contributed by atoms with Crippen molar-refractivity contribution < 1.29 is 0 Å². The second-order valence-corrected chi connectivity index (χ2v) is 5.28. The Kier molecular flexibility index (Phi) is 5.39. The van der Waals surface area contributed by atoms with E-state index in [4.69, 9.17) is 11.6 Å². The van der Waals surface area contributed by atoms with Crippen molar-refractivity contribution >= 4 is 29.1 Å². The Morgan fingerprint density at radius 2 is 1.90 bits per heavy atom. The zero-order chi connectivity index (χ0) is 15.2. The average molecular weight is 305 g/mol. The minimum absolute atomic E-state index is 0.555. The lowest BCUT2D eigenvalue weighted by atomic mass is 10.2. The van der Waals surface area contributed by atoms with Crippen molar-refractivity contribution in [3.63, 3.8) is 0 Å². The summed E-state index contributed by atoms with van der Waals surface area (Å²) in [5.74, 6) is 1.35. The van der Waals surface area contributed by atoms with E-state index in [0.29, 0.717) is 11.0 Å². The lowest BCUT2D eigenvalue weighted by Gasteiger charge is -2.23. The van der Waals surface area contributed by atoms with Gasteiger partial charge in [-0.15, -0.1) is 0 Å². The third-order valence-electron chi connectivity index (χ3n) is 3.18. The average Bonchev–Trinajstić information content (AvgIpc) is 2.50. The van der Waals surface area contributed by atoms with E-state index in [9.17, 15) is 0 Å². The number of hydrogen-bond donors (Lipinski definition) is 1. The second-order valence-electron chi connectivity index (χ2n) is 4.87. The fourth-order valence-electron chi connectivity index (χ4n) is 2.05. The molecule has 2 aromatic rings. The molecule has 4 nitrogen and oxygen atoms in total. The molecule has 0 saturated carbocycles. The maximum atomic E-state index is 6.29. The van der Waals surface area contributed by atoms with Crippen LogP contribution in [0, 0.1) is 6.92 Å². The van der Waals surface area contributed by atoms with Crippen molar-refractivity contribution in [1.29, 1.82) is 0 Å². The van der Waals surface area contributed by atoms with Crippen LogP contribution < -0.4 is 10.2 Å². The second kappa shape index (κ2) is 7.27. The summed E-state index contributed by atoms with van der Waals surface area (Å²) >= 11 is 6.29. The summed E-state index contributed by atoms with van der Waals surface area (Å²) < 4.78 is 0. The Bertz CT molecular complexity index is 583. The molecule has 0 bridgehead atoms. The number of aromatic nitrogens is 2. The molecule has 1 aromatic carbocycles. The van der Waals surface area contributed by atoms with Crippen molar-refractivity contribution in [2.45, 2.75) is 27.2 Å². The molecular weight excluding hydrogens is 284 g/mol. The molecule has 0 fully saturated rings. The minimum Gasteiger partial charge on any atom is -0.354 e. The van der Waals surface area contributed by atoms with Gasteiger partial charge in [0.1, 0.15) is 5.02 Å². The molecule has 2 rings (SSSR count). The van der Waals surface area contributed by atoms with Crippen LogP contribution in [0.15, 0.2) is 30.5 Å². The summed E-state index contributed by atoms with van der Waals surface area (Å²) in [5, 5.41) is 3.75. The maximum absolute atomic E-state index is 6.29. The van der Waals surface area contributed by atoms with E-state index in [0.717, 1.165) is 31.0 Å². The summed E-state index contributed by atoms with van der Waals surface area (Å²) in [6.45, 7) is 7.89. The molecular formula is C16H21ClN4. The first-order valence-electron chi connectivity index (χ1n) is 7.26. The molecule has 0 atom stereocenters. The molecule has 0 spiro atoms. The van der Waals surface area contributed by atoms with Gasteiger partial charge in [0.05, 0.1) is 6.20 Å². The molecule has 0 aliphatic rings. The summed E-state index contributed by atoms with van der Waals surface area (Å²) in [6, 6.07) is 8.33. The van der Waals surface area contributed by atoms with Crippen molar-refractivity contribution in [3.8, 4) is 0 Å². The number of rotatable bonds is 6. The van der Waals surface area contributed by atoms with E-state index in [2.05, 4.69) is 65.2 Å². The molecule has 0 aliphatic heterocycles. The largest absolute Gasteiger partial charge is 0.354 e. The van der Waals surface area contributed by atoms with Gasteiger partial charge in [0.15, 0.2) is 5.82 Å². The van der Waals surface area contributed by atoms with Gasteiger partial charge < -0.3 is 10.2 Å². The van der Waals surface area contributed by atoms with Crippen molar-refractivity contribution in [3.05, 3.63) is 41.0 Å². The van der Waals surface area contributed by atoms with E-state index in [1.165, 1.54) is 5.56 Å². The van der Waals surface area contributed by atoms with Gasteiger partial charge in [-0.3, -0.25) is 0 Å². The third-order valence-corrected chi connectivity index (χ3v) is 3.44. The highest BCUT2D eigenvalue weighted by Crippen LogP contribution is 2.30. The van der Waals surface area contributed by atoms with Gasteiger partial charge in [0.25, 0.3) is 0 Å².